The predicted molar refractivity (Wildman–Crippen MR) is 255 cm³/mol. The summed E-state index contributed by atoms with van der Waals surface area (Å²) in [6.07, 6.45) is 9.31. The van der Waals surface area contributed by atoms with E-state index < -0.39 is 34.7 Å². The molecule has 3 N–H and O–H groups in total. The molecule has 66 heavy (non-hydrogen) atoms. The molecule has 0 bridgehead atoms. The van der Waals surface area contributed by atoms with E-state index in [2.05, 4.69) is 75.7 Å². The summed E-state index contributed by atoms with van der Waals surface area (Å²) in [5.74, 6) is -1.01. The molecule has 2 saturated heterocycles. The smallest absolute Gasteiger partial charge is 0.309 e. The molecule has 8 aliphatic rings. The molecule has 11 heteroatoms. The molecule has 5 saturated carbocycles. The number of anilines is 1. The van der Waals surface area contributed by atoms with Crippen LogP contribution in [0.3, 0.4) is 0 Å². The first-order valence-corrected chi connectivity index (χ1v) is 25.9. The fraction of sp³-hybridized carbons (Fsp3) is 0.782. The summed E-state index contributed by atoms with van der Waals surface area (Å²) >= 11 is 0. The molecule has 6 aliphatic carbocycles. The van der Waals surface area contributed by atoms with Gasteiger partial charge in [-0.3, -0.25) is 24.1 Å². The Balaban J connectivity index is 0.881. The van der Waals surface area contributed by atoms with Crippen molar-refractivity contribution < 1.29 is 38.9 Å². The van der Waals surface area contributed by atoms with Crippen molar-refractivity contribution in [3.63, 3.8) is 0 Å². The van der Waals surface area contributed by atoms with Gasteiger partial charge in [0, 0.05) is 67.3 Å². The third kappa shape index (κ3) is 7.34. The number of hydrogen-bond acceptors (Lipinski definition) is 9. The van der Waals surface area contributed by atoms with E-state index in [1.54, 1.807) is 0 Å². The number of carbonyl (C=O) groups excluding carboxylic acids is 3. The lowest BCUT2D eigenvalue weighted by Gasteiger charge is -2.72. The number of benzene rings is 1. The van der Waals surface area contributed by atoms with Crippen molar-refractivity contribution in [1.29, 1.82) is 0 Å². The quantitative estimate of drug-likeness (QED) is 0.195. The number of carboxylic acid groups (broad SMARTS) is 1. The highest BCUT2D eigenvalue weighted by Crippen LogP contribution is 2.77. The average Bonchev–Trinajstić information content (AvgIpc) is 3.59. The predicted octanol–water partition coefficient (Wildman–Crippen LogP) is 8.72. The molecule has 11 nitrogen and oxygen atoms in total. The van der Waals surface area contributed by atoms with Crippen LogP contribution in [0.1, 0.15) is 150 Å². The van der Waals surface area contributed by atoms with Crippen LogP contribution in [0.4, 0.5) is 5.69 Å². The second-order valence-corrected chi connectivity index (χ2v) is 24.8. The fourth-order valence-electron chi connectivity index (χ4n) is 17.0. The van der Waals surface area contributed by atoms with E-state index in [9.17, 15) is 29.4 Å². The van der Waals surface area contributed by atoms with E-state index in [-0.39, 0.29) is 63.8 Å². The number of aliphatic carboxylic acids is 1. The number of fused-ring (bicyclic) bond motifs is 7. The van der Waals surface area contributed by atoms with Crippen LogP contribution in [0.25, 0.3) is 0 Å². The lowest BCUT2D eigenvalue weighted by Crippen LogP contribution is -2.66. The monoisotopic (exact) mass is 912 g/mol. The summed E-state index contributed by atoms with van der Waals surface area (Å²) in [6.45, 7) is 26.0. The van der Waals surface area contributed by atoms with Crippen LogP contribution in [-0.2, 0) is 23.9 Å². The highest BCUT2D eigenvalue weighted by Gasteiger charge is 2.71. The average molecular weight is 912 g/mol. The number of rotatable bonds is 10. The zero-order chi connectivity index (χ0) is 47.4. The van der Waals surface area contributed by atoms with E-state index in [1.165, 1.54) is 5.57 Å². The number of allylic oxidation sites excluding steroid dienone is 1. The molecular formula is C55H81N3O8. The number of aliphatic hydroxyl groups is 1. The standard InChI is InChI=1S/C55H81N3O8/c1-33(2)45-40(59)31-55(43(60)32-56-47(61)34-10-12-35(13-11-34)57-24-18-36(19-25-57)58-26-28-65-29-27-58)23-22-53(8)37(46(45)55)14-15-42-52(7)20-17-44(51(5,6)41(52)16-21-54(42,53)9)66-49(64)39-30-38(48(62)63)50(39,3)4/h10-13,33,36-39,41-44,60H,14-32H2,1-9H3,(H,56,61)(H,62,63)/t37-,38+,39-,41+,42-,43+,44+,52+,53-,54-,55+/m1/s1. The second-order valence-electron chi connectivity index (χ2n) is 24.8. The Morgan fingerprint density at radius 1 is 0.803 bits per heavy atom. The van der Waals surface area contributed by atoms with Gasteiger partial charge in [-0.25, -0.2) is 0 Å². The first-order valence-electron chi connectivity index (χ1n) is 25.9. The Bertz CT molecular complexity index is 2100. The topological polar surface area (TPSA) is 146 Å². The highest BCUT2D eigenvalue weighted by atomic mass is 16.5. The third-order valence-corrected chi connectivity index (χ3v) is 21.1. The summed E-state index contributed by atoms with van der Waals surface area (Å²) in [4.78, 5) is 58.6. The SMILES string of the molecule is CC(C)C1=C2[C@H]3CC[C@@H]4[C@@]5(C)CC[C@H](OC(=O)[C@H]6C[C@@H](C(=O)O)C6(C)C)C(C)(C)[C@@H]5CC[C@@]4(C)[C@]3(C)CC[C@@]2([C@@H](O)CNC(=O)c2ccc(N3CCC(N4CCOCC4)CC3)cc2)CC1=O. The highest BCUT2D eigenvalue weighted by molar-refractivity contribution is 6.01. The normalized spacial score (nSPS) is 39.2. The van der Waals surface area contributed by atoms with Gasteiger partial charge in [0.15, 0.2) is 5.78 Å². The third-order valence-electron chi connectivity index (χ3n) is 21.1. The maximum Gasteiger partial charge on any atom is 0.309 e. The Kier molecular flexibility index (Phi) is 12.3. The molecule has 1 aromatic carbocycles. The number of ketones is 1. The lowest BCUT2D eigenvalue weighted by atomic mass is 9.33. The van der Waals surface area contributed by atoms with Gasteiger partial charge in [-0.1, -0.05) is 67.9 Å². The number of hydrogen-bond donors (Lipinski definition) is 3. The number of esters is 1. The van der Waals surface area contributed by atoms with Crippen LogP contribution >= 0.6 is 0 Å². The summed E-state index contributed by atoms with van der Waals surface area (Å²) in [6, 6.07) is 8.51. The van der Waals surface area contributed by atoms with Crippen molar-refractivity contribution in [2.24, 2.45) is 68.0 Å². The van der Waals surface area contributed by atoms with Crippen molar-refractivity contribution in [3.8, 4) is 0 Å². The maximum absolute atomic E-state index is 14.3. The zero-order valence-corrected chi connectivity index (χ0v) is 41.7. The van der Waals surface area contributed by atoms with E-state index in [0.717, 1.165) is 115 Å². The number of nitrogens with one attached hydrogen (secondary N) is 1. The number of aliphatic hydroxyl groups excluding tert-OH is 1. The van der Waals surface area contributed by atoms with Gasteiger partial charge in [-0.2, -0.15) is 0 Å². The molecule has 2 aliphatic heterocycles. The minimum atomic E-state index is -0.883. The van der Waals surface area contributed by atoms with Crippen molar-refractivity contribution in [2.75, 3.05) is 50.8 Å². The van der Waals surface area contributed by atoms with Gasteiger partial charge in [-0.05, 0) is 146 Å². The minimum absolute atomic E-state index is 0.000573. The van der Waals surface area contributed by atoms with Gasteiger partial charge in [-0.15, -0.1) is 0 Å². The summed E-state index contributed by atoms with van der Waals surface area (Å²) in [5, 5.41) is 25.3. The number of carbonyl (C=O) groups is 4. The van der Waals surface area contributed by atoms with Crippen LogP contribution in [-0.4, -0.2) is 103 Å². The number of Topliss-reactive ketones (excluding diaryl/α,β-unsaturated/α-hetero) is 1. The molecule has 11 atom stereocenters. The van der Waals surface area contributed by atoms with Gasteiger partial charge in [0.2, 0.25) is 0 Å². The number of piperidine rings is 1. The van der Waals surface area contributed by atoms with Crippen LogP contribution < -0.4 is 10.2 Å². The van der Waals surface area contributed by atoms with Gasteiger partial charge in [0.05, 0.1) is 31.2 Å². The molecule has 1 aromatic rings. The zero-order valence-electron chi connectivity index (χ0n) is 41.7. The molecule has 0 aromatic heterocycles. The van der Waals surface area contributed by atoms with E-state index in [4.69, 9.17) is 9.47 Å². The molecule has 1 amide bonds. The number of amides is 1. The molecular weight excluding hydrogens is 831 g/mol. The maximum atomic E-state index is 14.3. The van der Waals surface area contributed by atoms with Crippen LogP contribution in [0.5, 0.6) is 0 Å². The molecule has 364 valence electrons. The van der Waals surface area contributed by atoms with Crippen LogP contribution in [0.15, 0.2) is 35.4 Å². The minimum Gasteiger partial charge on any atom is -0.481 e. The molecule has 0 spiro atoms. The molecule has 7 fully saturated rings. The second kappa shape index (κ2) is 17.0. The van der Waals surface area contributed by atoms with Crippen LogP contribution in [0, 0.1) is 68.0 Å². The molecule has 0 unspecified atom stereocenters. The number of carboxylic acids is 1. The van der Waals surface area contributed by atoms with Crippen molar-refractivity contribution in [1.82, 2.24) is 10.2 Å². The van der Waals surface area contributed by atoms with E-state index in [0.29, 0.717) is 36.3 Å². The van der Waals surface area contributed by atoms with Crippen LogP contribution in [0.2, 0.25) is 0 Å². The number of morpholine rings is 1. The van der Waals surface area contributed by atoms with Gasteiger partial charge >= 0.3 is 11.9 Å². The van der Waals surface area contributed by atoms with Crippen molar-refractivity contribution in [3.05, 3.63) is 41.0 Å². The van der Waals surface area contributed by atoms with E-state index >= 15 is 0 Å². The van der Waals surface area contributed by atoms with Crippen molar-refractivity contribution in [2.45, 2.75) is 158 Å². The number of ether oxygens (including phenoxy) is 2. The number of nitrogens with zero attached hydrogens (tertiary/aromatic N) is 2. The van der Waals surface area contributed by atoms with Gasteiger partial charge < -0.3 is 29.9 Å². The van der Waals surface area contributed by atoms with E-state index in [1.807, 2.05) is 26.0 Å². The fourth-order valence-corrected chi connectivity index (χ4v) is 17.0. The molecule has 9 rings (SSSR count). The first-order chi connectivity index (χ1) is 31.1. The van der Waals surface area contributed by atoms with Crippen molar-refractivity contribution >= 4 is 29.3 Å². The Hall–Kier alpha value is -3.28. The summed E-state index contributed by atoms with van der Waals surface area (Å²) < 4.78 is 12.0. The van der Waals surface area contributed by atoms with Gasteiger partial charge in [0.25, 0.3) is 5.91 Å². The first kappa shape index (κ1) is 47.8. The Morgan fingerprint density at radius 2 is 1.48 bits per heavy atom. The molecule has 0 radical (unpaired) electrons. The Labute approximate surface area is 394 Å². The van der Waals surface area contributed by atoms with Gasteiger partial charge in [0.1, 0.15) is 6.10 Å². The summed E-state index contributed by atoms with van der Waals surface area (Å²) in [7, 11) is 0. The largest absolute Gasteiger partial charge is 0.481 e. The Morgan fingerprint density at radius 3 is 2.12 bits per heavy atom. The lowest BCUT2D eigenvalue weighted by molar-refractivity contribution is -0.238. The summed E-state index contributed by atoms with van der Waals surface area (Å²) in [5.41, 5.74) is 2.22. The molecule has 2 heterocycles.